The number of rotatable bonds is 0. The summed E-state index contributed by atoms with van der Waals surface area (Å²) in [5, 5.41) is 18.5. The average Bonchev–Trinajstić information content (AvgIpc) is 3.06. The summed E-state index contributed by atoms with van der Waals surface area (Å²) in [6, 6.07) is 0. The van der Waals surface area contributed by atoms with Crippen LogP contribution in [0.15, 0.2) is 11.8 Å². The molecule has 6 atom stereocenters. The van der Waals surface area contributed by atoms with E-state index in [1.807, 2.05) is 6.20 Å². The molecule has 0 unspecified atom stereocenters. The SMILES string of the molecule is C[C@]12Cc3cn[nH]c3C=C1CC[C@@H]1[C@@H]2CC[C@@]2(C)[C@H]1CC[C@]2(C)O. The number of hydrogen-bond donors (Lipinski definition) is 2. The normalized spacial score (nSPS) is 49.7. The number of aromatic amines is 1. The summed E-state index contributed by atoms with van der Waals surface area (Å²) < 4.78 is 0. The van der Waals surface area contributed by atoms with Crippen molar-refractivity contribution in [2.24, 2.45) is 28.6 Å². The van der Waals surface area contributed by atoms with Crippen LogP contribution >= 0.6 is 0 Å². The first-order chi connectivity index (χ1) is 11.4. The van der Waals surface area contributed by atoms with Crippen LogP contribution in [0.5, 0.6) is 0 Å². The zero-order valence-electron chi connectivity index (χ0n) is 15.2. The molecule has 0 bridgehead atoms. The Morgan fingerprint density at radius 1 is 1.12 bits per heavy atom. The topological polar surface area (TPSA) is 48.9 Å². The maximum atomic E-state index is 11.0. The Morgan fingerprint density at radius 2 is 1.92 bits per heavy atom. The summed E-state index contributed by atoms with van der Waals surface area (Å²) >= 11 is 0. The summed E-state index contributed by atoms with van der Waals surface area (Å²) in [5.74, 6) is 2.26. The third-order valence-electron chi connectivity index (χ3n) is 8.93. The van der Waals surface area contributed by atoms with Crippen molar-refractivity contribution in [3.05, 3.63) is 23.0 Å². The fourth-order valence-electron chi connectivity index (χ4n) is 7.21. The van der Waals surface area contributed by atoms with Crippen LogP contribution in [-0.4, -0.2) is 20.9 Å². The number of nitrogens with zero attached hydrogens (tertiary/aromatic N) is 1. The van der Waals surface area contributed by atoms with E-state index in [0.717, 1.165) is 24.7 Å². The van der Waals surface area contributed by atoms with Crippen molar-refractivity contribution in [3.63, 3.8) is 0 Å². The molecule has 3 fully saturated rings. The second-order valence-electron chi connectivity index (χ2n) is 9.76. The molecule has 0 aliphatic heterocycles. The first-order valence-corrected chi connectivity index (χ1v) is 9.81. The lowest BCUT2D eigenvalue weighted by molar-refractivity contribution is -0.116. The maximum Gasteiger partial charge on any atom is 0.0675 e. The molecule has 2 N–H and O–H groups in total. The highest BCUT2D eigenvalue weighted by Crippen LogP contribution is 2.67. The monoisotopic (exact) mass is 326 g/mol. The molecule has 0 spiro atoms. The van der Waals surface area contributed by atoms with Crippen molar-refractivity contribution in [1.29, 1.82) is 0 Å². The van der Waals surface area contributed by atoms with E-state index < -0.39 is 5.60 Å². The summed E-state index contributed by atoms with van der Waals surface area (Å²) in [7, 11) is 0. The molecule has 3 saturated carbocycles. The van der Waals surface area contributed by atoms with Gasteiger partial charge in [0.2, 0.25) is 0 Å². The van der Waals surface area contributed by atoms with Gasteiger partial charge in [-0.3, -0.25) is 5.10 Å². The number of aromatic nitrogens is 2. The lowest BCUT2D eigenvalue weighted by Gasteiger charge is -2.58. The lowest BCUT2D eigenvalue weighted by atomic mass is 9.46. The molecule has 1 aromatic rings. The van der Waals surface area contributed by atoms with Crippen LogP contribution in [0, 0.1) is 28.6 Å². The van der Waals surface area contributed by atoms with Crippen molar-refractivity contribution >= 4 is 6.08 Å². The average molecular weight is 326 g/mol. The highest BCUT2D eigenvalue weighted by molar-refractivity contribution is 5.58. The van der Waals surface area contributed by atoms with E-state index in [-0.39, 0.29) is 5.41 Å². The van der Waals surface area contributed by atoms with Gasteiger partial charge in [-0.1, -0.05) is 19.4 Å². The Morgan fingerprint density at radius 3 is 2.75 bits per heavy atom. The molecule has 1 heterocycles. The first kappa shape index (κ1) is 15.2. The maximum absolute atomic E-state index is 11.0. The molecule has 0 saturated heterocycles. The van der Waals surface area contributed by atoms with E-state index in [9.17, 15) is 5.11 Å². The fourth-order valence-corrected chi connectivity index (χ4v) is 7.21. The van der Waals surface area contributed by atoms with E-state index in [0.29, 0.717) is 11.3 Å². The molecule has 3 nitrogen and oxygen atoms in total. The third kappa shape index (κ3) is 1.70. The van der Waals surface area contributed by atoms with E-state index >= 15 is 0 Å². The van der Waals surface area contributed by atoms with Gasteiger partial charge in [-0.05, 0) is 92.1 Å². The number of H-pyrrole nitrogens is 1. The minimum absolute atomic E-state index is 0.126. The smallest absolute Gasteiger partial charge is 0.0675 e. The number of nitrogens with one attached hydrogen (secondary N) is 1. The molecule has 0 radical (unpaired) electrons. The number of hydrogen-bond acceptors (Lipinski definition) is 2. The van der Waals surface area contributed by atoms with Gasteiger partial charge >= 0.3 is 0 Å². The molecule has 24 heavy (non-hydrogen) atoms. The molecule has 0 aromatic carbocycles. The number of aliphatic hydroxyl groups is 1. The molecule has 4 aliphatic rings. The Labute approximate surface area is 144 Å². The van der Waals surface area contributed by atoms with Crippen LogP contribution in [0.4, 0.5) is 0 Å². The summed E-state index contributed by atoms with van der Waals surface area (Å²) in [4.78, 5) is 0. The highest BCUT2D eigenvalue weighted by Gasteiger charge is 2.62. The Bertz CT molecular complexity index is 717. The van der Waals surface area contributed by atoms with Crippen LogP contribution in [0.2, 0.25) is 0 Å². The van der Waals surface area contributed by atoms with Gasteiger partial charge < -0.3 is 5.11 Å². The quantitative estimate of drug-likeness (QED) is 0.745. The molecule has 130 valence electrons. The molecular formula is C21H30N2O. The van der Waals surface area contributed by atoms with Gasteiger partial charge in [-0.25, -0.2) is 0 Å². The third-order valence-corrected chi connectivity index (χ3v) is 8.93. The van der Waals surface area contributed by atoms with Gasteiger partial charge in [0.15, 0.2) is 0 Å². The summed E-state index contributed by atoms with van der Waals surface area (Å²) in [6.45, 7) is 6.99. The van der Waals surface area contributed by atoms with Crippen molar-refractivity contribution in [2.75, 3.05) is 0 Å². The molecule has 5 rings (SSSR count). The van der Waals surface area contributed by atoms with E-state index in [2.05, 4.69) is 37.0 Å². The Kier molecular flexibility index (Phi) is 2.88. The van der Waals surface area contributed by atoms with E-state index in [1.165, 1.54) is 43.4 Å². The second kappa shape index (κ2) is 4.55. The van der Waals surface area contributed by atoms with E-state index in [1.54, 1.807) is 5.57 Å². The first-order valence-electron chi connectivity index (χ1n) is 9.81. The summed E-state index contributed by atoms with van der Waals surface area (Å²) in [5.41, 5.74) is 4.24. The second-order valence-corrected chi connectivity index (χ2v) is 9.76. The molecule has 0 amide bonds. The molecule has 3 heteroatoms. The number of fused-ring (bicyclic) bond motifs is 6. The molecule has 4 aliphatic carbocycles. The predicted octanol–water partition coefficient (Wildman–Crippen LogP) is 4.34. The minimum atomic E-state index is -0.468. The van der Waals surface area contributed by atoms with Gasteiger partial charge in [0.1, 0.15) is 0 Å². The van der Waals surface area contributed by atoms with Crippen LogP contribution in [-0.2, 0) is 6.42 Å². The fraction of sp³-hybridized carbons (Fsp3) is 0.762. The number of allylic oxidation sites excluding steroid dienone is 1. The predicted molar refractivity (Wildman–Crippen MR) is 95.3 cm³/mol. The van der Waals surface area contributed by atoms with Crippen LogP contribution < -0.4 is 0 Å². The highest BCUT2D eigenvalue weighted by atomic mass is 16.3. The van der Waals surface area contributed by atoms with Crippen LogP contribution in [0.1, 0.15) is 70.6 Å². The summed E-state index contributed by atoms with van der Waals surface area (Å²) in [6.07, 6.45) is 12.8. The van der Waals surface area contributed by atoms with Crippen molar-refractivity contribution < 1.29 is 5.11 Å². The van der Waals surface area contributed by atoms with Gasteiger partial charge in [0.25, 0.3) is 0 Å². The van der Waals surface area contributed by atoms with Crippen molar-refractivity contribution in [2.45, 2.75) is 71.3 Å². The minimum Gasteiger partial charge on any atom is -0.390 e. The zero-order chi connectivity index (χ0) is 16.7. The van der Waals surface area contributed by atoms with Crippen molar-refractivity contribution in [3.8, 4) is 0 Å². The van der Waals surface area contributed by atoms with Crippen LogP contribution in [0.25, 0.3) is 6.08 Å². The van der Waals surface area contributed by atoms with Gasteiger partial charge in [0, 0.05) is 0 Å². The lowest BCUT2D eigenvalue weighted by Crippen LogP contribution is -2.54. The largest absolute Gasteiger partial charge is 0.390 e. The van der Waals surface area contributed by atoms with Crippen molar-refractivity contribution in [1.82, 2.24) is 10.2 Å². The van der Waals surface area contributed by atoms with E-state index in [4.69, 9.17) is 0 Å². The van der Waals surface area contributed by atoms with Crippen LogP contribution in [0.3, 0.4) is 0 Å². The zero-order valence-corrected chi connectivity index (χ0v) is 15.2. The molecule has 1 aromatic heterocycles. The van der Waals surface area contributed by atoms with Gasteiger partial charge in [-0.15, -0.1) is 0 Å². The standard InChI is InChI=1S/C21H30N2O/c1-19-11-13-12-22-23-18(13)10-14(19)4-5-15-16(19)6-8-20(2)17(15)7-9-21(20,3)24/h10,12,15-17,24H,4-9,11H2,1-3H3,(H,22,23)/t15-,16+,17+,19+,20+,21+/m1/s1. The Hall–Kier alpha value is -1.09. The van der Waals surface area contributed by atoms with Gasteiger partial charge in [0.05, 0.1) is 17.5 Å². The molecular weight excluding hydrogens is 296 g/mol. The Balaban J connectivity index is 1.53. The van der Waals surface area contributed by atoms with Gasteiger partial charge in [-0.2, -0.15) is 5.10 Å².